The first-order valence-electron chi connectivity index (χ1n) is 3.21. The lowest BCUT2D eigenvalue weighted by Gasteiger charge is -2.01. The zero-order valence-corrected chi connectivity index (χ0v) is 6.79. The number of hydrogen-bond acceptors (Lipinski definition) is 2. The lowest BCUT2D eigenvalue weighted by molar-refractivity contribution is 0.847. The van der Waals surface area contributed by atoms with Gasteiger partial charge in [-0.15, -0.1) is 6.58 Å². The van der Waals surface area contributed by atoms with Crippen LogP contribution in [0.5, 0.6) is 0 Å². The summed E-state index contributed by atoms with van der Waals surface area (Å²) in [5.74, 6) is 2.22. The molecule has 0 heterocycles. The third kappa shape index (κ3) is 8.05. The molecule has 0 spiro atoms. The standard InChI is InChI=1S/C7H15NS/c1-3-4-5-9-6-7(2)8/h3,7H,1,4-6,8H2,2H3. The normalized spacial score (nSPS) is 13.1. The molecule has 54 valence electrons. The Bertz CT molecular complexity index is 71.3. The molecular weight excluding hydrogens is 130 g/mol. The van der Waals surface area contributed by atoms with Gasteiger partial charge in [-0.3, -0.25) is 0 Å². The maximum absolute atomic E-state index is 5.53. The summed E-state index contributed by atoms with van der Waals surface area (Å²) in [5, 5.41) is 0. The molecule has 0 rings (SSSR count). The van der Waals surface area contributed by atoms with Crippen molar-refractivity contribution < 1.29 is 0 Å². The number of thioether (sulfide) groups is 1. The number of rotatable bonds is 5. The van der Waals surface area contributed by atoms with E-state index in [0.29, 0.717) is 6.04 Å². The summed E-state index contributed by atoms with van der Waals surface area (Å²) in [6.45, 7) is 5.66. The molecule has 2 N–H and O–H groups in total. The van der Waals surface area contributed by atoms with E-state index < -0.39 is 0 Å². The molecule has 0 aromatic heterocycles. The Morgan fingerprint density at radius 3 is 2.89 bits per heavy atom. The Morgan fingerprint density at radius 2 is 2.44 bits per heavy atom. The lowest BCUT2D eigenvalue weighted by atomic mass is 10.4. The maximum atomic E-state index is 5.53. The summed E-state index contributed by atoms with van der Waals surface area (Å²) in [6, 6.07) is 0.333. The SMILES string of the molecule is C=CCCSCC(C)N. The zero-order valence-electron chi connectivity index (χ0n) is 5.97. The minimum absolute atomic E-state index is 0.333. The Hall–Kier alpha value is 0.0500. The van der Waals surface area contributed by atoms with Crippen LogP contribution in [-0.2, 0) is 0 Å². The third-order valence-electron chi connectivity index (χ3n) is 0.847. The zero-order chi connectivity index (χ0) is 7.11. The highest BCUT2D eigenvalue weighted by Crippen LogP contribution is 2.02. The van der Waals surface area contributed by atoms with E-state index in [0.717, 1.165) is 17.9 Å². The van der Waals surface area contributed by atoms with Crippen LogP contribution in [0.4, 0.5) is 0 Å². The van der Waals surface area contributed by atoms with E-state index in [-0.39, 0.29) is 0 Å². The summed E-state index contributed by atoms with van der Waals surface area (Å²) in [4.78, 5) is 0. The Labute approximate surface area is 61.7 Å². The molecule has 0 aromatic rings. The highest BCUT2D eigenvalue weighted by molar-refractivity contribution is 7.99. The van der Waals surface area contributed by atoms with Crippen molar-refractivity contribution >= 4 is 11.8 Å². The minimum Gasteiger partial charge on any atom is -0.327 e. The second kappa shape index (κ2) is 6.17. The van der Waals surface area contributed by atoms with E-state index in [4.69, 9.17) is 5.73 Å². The van der Waals surface area contributed by atoms with Crippen LogP contribution in [0.25, 0.3) is 0 Å². The van der Waals surface area contributed by atoms with Gasteiger partial charge in [-0.1, -0.05) is 6.08 Å². The van der Waals surface area contributed by atoms with Gasteiger partial charge in [0.15, 0.2) is 0 Å². The van der Waals surface area contributed by atoms with Crippen LogP contribution in [0.15, 0.2) is 12.7 Å². The molecular formula is C7H15NS. The molecule has 0 saturated carbocycles. The van der Waals surface area contributed by atoms with Gasteiger partial charge in [-0.05, 0) is 19.1 Å². The first-order valence-corrected chi connectivity index (χ1v) is 4.37. The number of allylic oxidation sites excluding steroid dienone is 1. The molecule has 0 radical (unpaired) electrons. The second-order valence-corrected chi connectivity index (χ2v) is 3.28. The fourth-order valence-electron chi connectivity index (χ4n) is 0.436. The number of hydrogen-bond donors (Lipinski definition) is 1. The molecule has 0 aliphatic heterocycles. The molecule has 0 aliphatic rings. The van der Waals surface area contributed by atoms with Gasteiger partial charge in [0.2, 0.25) is 0 Å². The van der Waals surface area contributed by atoms with Crippen molar-refractivity contribution in [3.05, 3.63) is 12.7 Å². The van der Waals surface area contributed by atoms with Crippen LogP contribution in [0.1, 0.15) is 13.3 Å². The molecule has 0 bridgehead atoms. The molecule has 0 aliphatic carbocycles. The van der Waals surface area contributed by atoms with Gasteiger partial charge in [0.25, 0.3) is 0 Å². The van der Waals surface area contributed by atoms with Crippen LogP contribution >= 0.6 is 11.8 Å². The van der Waals surface area contributed by atoms with E-state index in [1.807, 2.05) is 24.8 Å². The molecule has 2 heteroatoms. The minimum atomic E-state index is 0.333. The average molecular weight is 145 g/mol. The van der Waals surface area contributed by atoms with Crippen molar-refractivity contribution in [1.29, 1.82) is 0 Å². The predicted molar refractivity (Wildman–Crippen MR) is 45.8 cm³/mol. The maximum Gasteiger partial charge on any atom is 0.0101 e. The van der Waals surface area contributed by atoms with Crippen LogP contribution in [-0.4, -0.2) is 17.5 Å². The molecule has 0 aromatic carbocycles. The summed E-state index contributed by atoms with van der Waals surface area (Å²) < 4.78 is 0. The van der Waals surface area contributed by atoms with Crippen molar-refractivity contribution in [3.8, 4) is 0 Å². The van der Waals surface area contributed by atoms with E-state index in [2.05, 4.69) is 6.58 Å². The Kier molecular flexibility index (Phi) is 6.21. The average Bonchev–Trinajstić information content (AvgIpc) is 1.80. The van der Waals surface area contributed by atoms with Crippen molar-refractivity contribution in [2.45, 2.75) is 19.4 Å². The van der Waals surface area contributed by atoms with E-state index in [1.165, 1.54) is 0 Å². The summed E-state index contributed by atoms with van der Waals surface area (Å²) in [5.41, 5.74) is 5.53. The molecule has 0 amide bonds. The largest absolute Gasteiger partial charge is 0.327 e. The molecule has 1 atom stereocenters. The lowest BCUT2D eigenvalue weighted by Crippen LogP contribution is -2.17. The Balaban J connectivity index is 2.82. The van der Waals surface area contributed by atoms with Crippen molar-refractivity contribution in [2.75, 3.05) is 11.5 Å². The predicted octanol–water partition coefficient (Wildman–Crippen LogP) is 1.64. The molecule has 0 saturated heterocycles. The molecule has 1 unspecified atom stereocenters. The summed E-state index contributed by atoms with van der Waals surface area (Å²) in [6.07, 6.45) is 3.03. The van der Waals surface area contributed by atoms with Gasteiger partial charge in [0, 0.05) is 11.8 Å². The summed E-state index contributed by atoms with van der Waals surface area (Å²) >= 11 is 1.89. The van der Waals surface area contributed by atoms with Crippen LogP contribution in [0.2, 0.25) is 0 Å². The summed E-state index contributed by atoms with van der Waals surface area (Å²) in [7, 11) is 0. The van der Waals surface area contributed by atoms with E-state index in [1.54, 1.807) is 0 Å². The van der Waals surface area contributed by atoms with Crippen LogP contribution < -0.4 is 5.73 Å². The van der Waals surface area contributed by atoms with Gasteiger partial charge in [0.1, 0.15) is 0 Å². The quantitative estimate of drug-likeness (QED) is 0.470. The monoisotopic (exact) mass is 145 g/mol. The highest BCUT2D eigenvalue weighted by atomic mass is 32.2. The van der Waals surface area contributed by atoms with Gasteiger partial charge < -0.3 is 5.73 Å². The fourth-order valence-corrected chi connectivity index (χ4v) is 1.31. The van der Waals surface area contributed by atoms with Gasteiger partial charge >= 0.3 is 0 Å². The van der Waals surface area contributed by atoms with Crippen LogP contribution in [0.3, 0.4) is 0 Å². The fraction of sp³-hybridized carbons (Fsp3) is 0.714. The van der Waals surface area contributed by atoms with Gasteiger partial charge in [-0.25, -0.2) is 0 Å². The Morgan fingerprint density at radius 1 is 1.78 bits per heavy atom. The molecule has 1 nitrogen and oxygen atoms in total. The third-order valence-corrected chi connectivity index (χ3v) is 2.13. The first-order chi connectivity index (χ1) is 4.27. The van der Waals surface area contributed by atoms with Gasteiger partial charge in [-0.2, -0.15) is 11.8 Å². The highest BCUT2D eigenvalue weighted by Gasteiger charge is 1.91. The van der Waals surface area contributed by atoms with Crippen molar-refractivity contribution in [3.63, 3.8) is 0 Å². The topological polar surface area (TPSA) is 26.0 Å². The van der Waals surface area contributed by atoms with Crippen LogP contribution in [0, 0.1) is 0 Å². The smallest absolute Gasteiger partial charge is 0.0101 e. The van der Waals surface area contributed by atoms with E-state index >= 15 is 0 Å². The first kappa shape index (κ1) is 9.05. The number of nitrogens with two attached hydrogens (primary N) is 1. The second-order valence-electron chi connectivity index (χ2n) is 2.13. The van der Waals surface area contributed by atoms with E-state index in [9.17, 15) is 0 Å². The van der Waals surface area contributed by atoms with Gasteiger partial charge in [0.05, 0.1) is 0 Å². The molecule has 9 heavy (non-hydrogen) atoms. The van der Waals surface area contributed by atoms with Crippen molar-refractivity contribution in [2.24, 2.45) is 5.73 Å². The van der Waals surface area contributed by atoms with Crippen molar-refractivity contribution in [1.82, 2.24) is 0 Å². The molecule has 0 fully saturated rings.